The van der Waals surface area contributed by atoms with Crippen molar-refractivity contribution in [1.82, 2.24) is 3.97 Å². The van der Waals surface area contributed by atoms with Crippen LogP contribution in [0.1, 0.15) is 15.9 Å². The lowest BCUT2D eigenvalue weighted by molar-refractivity contribution is -0.0884. The Labute approximate surface area is 153 Å². The molecule has 0 spiro atoms. The number of aromatic nitrogens is 1. The first-order valence-electron chi connectivity index (χ1n) is 7.68. The molecule has 0 N–H and O–H groups in total. The minimum atomic E-state index is -5.14. The van der Waals surface area contributed by atoms with E-state index in [1.807, 2.05) is 0 Å². The van der Waals surface area contributed by atoms with E-state index in [-0.39, 0.29) is 21.5 Å². The summed E-state index contributed by atoms with van der Waals surface area (Å²) in [6.45, 7) is 1.77. The quantitative estimate of drug-likeness (QED) is 0.626. The van der Waals surface area contributed by atoms with Gasteiger partial charge in [0.25, 0.3) is 15.8 Å². The lowest BCUT2D eigenvalue weighted by Gasteiger charge is -2.08. The Morgan fingerprint density at radius 3 is 2.26 bits per heavy atom. The van der Waals surface area contributed by atoms with Crippen LogP contribution >= 0.6 is 0 Å². The second kappa shape index (κ2) is 6.41. The molecule has 0 bridgehead atoms. The second-order valence-electron chi connectivity index (χ2n) is 5.87. The number of halogens is 3. The molecule has 0 aliphatic carbocycles. The summed E-state index contributed by atoms with van der Waals surface area (Å²) >= 11 is 0. The summed E-state index contributed by atoms with van der Waals surface area (Å²) in [7, 11) is -2.89. The number of carbonyl (C=O) groups excluding carboxylic acids is 1. The monoisotopic (exact) mass is 397 g/mol. The van der Waals surface area contributed by atoms with E-state index in [2.05, 4.69) is 0 Å². The molecule has 0 radical (unpaired) electrons. The third kappa shape index (κ3) is 3.30. The van der Waals surface area contributed by atoms with Crippen molar-refractivity contribution >= 4 is 26.7 Å². The standard InChI is InChI=1S/C18H14F3NO4S/c1-11-3-6-13(7-4-11)27(24,25)22-10-15(17(23)18(19,20)21)14-9-12(26-2)5-8-16(14)22/h3-10H,1-2H3. The molecule has 0 unspecified atom stereocenters. The predicted octanol–water partition coefficient (Wildman–Crippen LogP) is 3.94. The number of carbonyl (C=O) groups is 1. The van der Waals surface area contributed by atoms with Crippen LogP contribution in [0.2, 0.25) is 0 Å². The Morgan fingerprint density at radius 2 is 1.70 bits per heavy atom. The van der Waals surface area contributed by atoms with Crippen molar-refractivity contribution < 1.29 is 31.1 Å². The number of methoxy groups -OCH3 is 1. The highest BCUT2D eigenvalue weighted by atomic mass is 32.2. The molecule has 9 heteroatoms. The van der Waals surface area contributed by atoms with Gasteiger partial charge in [-0.2, -0.15) is 13.2 Å². The van der Waals surface area contributed by atoms with Crippen molar-refractivity contribution in [2.24, 2.45) is 0 Å². The van der Waals surface area contributed by atoms with Gasteiger partial charge in [0.1, 0.15) is 5.75 Å². The summed E-state index contributed by atoms with van der Waals surface area (Å²) in [6, 6.07) is 9.76. The van der Waals surface area contributed by atoms with E-state index in [0.29, 0.717) is 10.2 Å². The van der Waals surface area contributed by atoms with Crippen molar-refractivity contribution in [2.75, 3.05) is 7.11 Å². The number of benzene rings is 2. The zero-order chi connectivity index (χ0) is 20.0. The van der Waals surface area contributed by atoms with Gasteiger partial charge in [-0.25, -0.2) is 12.4 Å². The van der Waals surface area contributed by atoms with E-state index in [0.717, 1.165) is 5.56 Å². The number of rotatable bonds is 4. The molecule has 0 fully saturated rings. The van der Waals surface area contributed by atoms with Gasteiger partial charge in [0.2, 0.25) is 0 Å². The minimum absolute atomic E-state index is 0.0519. The van der Waals surface area contributed by atoms with Crippen LogP contribution in [0, 0.1) is 6.92 Å². The van der Waals surface area contributed by atoms with Crippen LogP contribution in [0.15, 0.2) is 53.6 Å². The fourth-order valence-electron chi connectivity index (χ4n) is 2.66. The highest BCUT2D eigenvalue weighted by Gasteiger charge is 2.41. The van der Waals surface area contributed by atoms with Crippen LogP contribution in [0.3, 0.4) is 0 Å². The lowest BCUT2D eigenvalue weighted by Crippen LogP contribution is -2.22. The molecule has 27 heavy (non-hydrogen) atoms. The molecule has 0 saturated carbocycles. The first kappa shape index (κ1) is 19.0. The molecular formula is C18H14F3NO4S. The van der Waals surface area contributed by atoms with Crippen molar-refractivity contribution in [1.29, 1.82) is 0 Å². The van der Waals surface area contributed by atoms with Gasteiger partial charge in [0.05, 0.1) is 23.1 Å². The number of Topliss-reactive ketones (excluding diaryl/α,β-unsaturated/α-hetero) is 1. The van der Waals surface area contributed by atoms with Crippen molar-refractivity contribution in [3.05, 3.63) is 59.8 Å². The molecule has 3 rings (SSSR count). The Kier molecular flexibility index (Phi) is 4.51. The number of ether oxygens (including phenoxy) is 1. The molecule has 0 atom stereocenters. The van der Waals surface area contributed by atoms with Gasteiger partial charge in [-0.05, 0) is 37.3 Å². The summed E-state index contributed by atoms with van der Waals surface area (Å²) in [4.78, 5) is 11.7. The lowest BCUT2D eigenvalue weighted by atomic mass is 10.1. The number of aryl methyl sites for hydroxylation is 1. The third-order valence-corrected chi connectivity index (χ3v) is 5.75. The fourth-order valence-corrected chi connectivity index (χ4v) is 4.03. The van der Waals surface area contributed by atoms with Gasteiger partial charge in [-0.15, -0.1) is 0 Å². The minimum Gasteiger partial charge on any atom is -0.497 e. The number of hydrogen-bond acceptors (Lipinski definition) is 4. The van der Waals surface area contributed by atoms with Crippen LogP contribution in [0.4, 0.5) is 13.2 Å². The summed E-state index contributed by atoms with van der Waals surface area (Å²) < 4.78 is 70.5. The van der Waals surface area contributed by atoms with E-state index in [4.69, 9.17) is 4.74 Å². The molecule has 0 amide bonds. The molecule has 0 aliphatic rings. The molecule has 5 nitrogen and oxygen atoms in total. The number of nitrogens with zero attached hydrogens (tertiary/aromatic N) is 1. The highest BCUT2D eigenvalue weighted by molar-refractivity contribution is 7.90. The Balaban J connectivity index is 2.31. The smallest absolute Gasteiger partial charge is 0.454 e. The molecule has 3 aromatic rings. The van der Waals surface area contributed by atoms with Crippen LogP contribution in [-0.4, -0.2) is 31.5 Å². The number of ketones is 1. The summed E-state index contributed by atoms with van der Waals surface area (Å²) in [5, 5.41) is -0.160. The largest absolute Gasteiger partial charge is 0.497 e. The molecule has 0 saturated heterocycles. The van der Waals surface area contributed by atoms with E-state index < -0.39 is 27.5 Å². The predicted molar refractivity (Wildman–Crippen MR) is 92.6 cm³/mol. The normalized spacial score (nSPS) is 12.3. The maximum Gasteiger partial charge on any atom is 0.454 e. The van der Waals surface area contributed by atoms with Gasteiger partial charge in [-0.3, -0.25) is 4.79 Å². The van der Waals surface area contributed by atoms with E-state index in [9.17, 15) is 26.4 Å². The second-order valence-corrected chi connectivity index (χ2v) is 7.68. The van der Waals surface area contributed by atoms with E-state index in [1.54, 1.807) is 19.1 Å². The van der Waals surface area contributed by atoms with Crippen molar-refractivity contribution in [2.45, 2.75) is 18.0 Å². The first-order chi connectivity index (χ1) is 12.6. The summed E-state index contributed by atoms with van der Waals surface area (Å²) in [5.74, 6) is -1.93. The van der Waals surface area contributed by atoms with Crippen LogP contribution in [-0.2, 0) is 10.0 Å². The molecule has 2 aromatic carbocycles. The molecule has 142 valence electrons. The van der Waals surface area contributed by atoms with Crippen molar-refractivity contribution in [3.8, 4) is 5.75 Å². The zero-order valence-corrected chi connectivity index (χ0v) is 15.1. The molecule has 1 heterocycles. The fraction of sp³-hybridized carbons (Fsp3) is 0.167. The Hall–Kier alpha value is -2.81. The van der Waals surface area contributed by atoms with Gasteiger partial charge in [0, 0.05) is 11.6 Å². The Morgan fingerprint density at radius 1 is 1.07 bits per heavy atom. The molecule has 0 aliphatic heterocycles. The van der Waals surface area contributed by atoms with Crippen LogP contribution in [0.25, 0.3) is 10.9 Å². The van der Waals surface area contributed by atoms with E-state index in [1.165, 1.54) is 37.4 Å². The topological polar surface area (TPSA) is 65.4 Å². The average molecular weight is 397 g/mol. The molecular weight excluding hydrogens is 383 g/mol. The van der Waals surface area contributed by atoms with Gasteiger partial charge in [0.15, 0.2) is 0 Å². The first-order valence-corrected chi connectivity index (χ1v) is 9.12. The number of hydrogen-bond donors (Lipinski definition) is 0. The summed E-state index contributed by atoms with van der Waals surface area (Å²) in [6.07, 6.45) is -4.44. The number of fused-ring (bicyclic) bond motifs is 1. The third-order valence-electron chi connectivity index (χ3n) is 4.06. The van der Waals surface area contributed by atoms with E-state index >= 15 is 0 Å². The Bertz CT molecular complexity index is 1130. The molecule has 1 aromatic heterocycles. The maximum atomic E-state index is 13.0. The van der Waals surface area contributed by atoms with Gasteiger partial charge < -0.3 is 4.74 Å². The zero-order valence-electron chi connectivity index (χ0n) is 14.2. The summed E-state index contributed by atoms with van der Waals surface area (Å²) in [5.41, 5.74) is 0.0139. The van der Waals surface area contributed by atoms with Gasteiger partial charge >= 0.3 is 6.18 Å². The maximum absolute atomic E-state index is 13.0. The van der Waals surface area contributed by atoms with Gasteiger partial charge in [-0.1, -0.05) is 17.7 Å². The highest BCUT2D eigenvalue weighted by Crippen LogP contribution is 2.33. The number of alkyl halides is 3. The van der Waals surface area contributed by atoms with Crippen molar-refractivity contribution in [3.63, 3.8) is 0 Å². The van der Waals surface area contributed by atoms with Crippen LogP contribution < -0.4 is 4.74 Å². The van der Waals surface area contributed by atoms with Crippen LogP contribution in [0.5, 0.6) is 5.75 Å². The SMILES string of the molecule is COc1ccc2c(c1)c(C(=O)C(F)(F)F)cn2S(=O)(=O)c1ccc(C)cc1. The average Bonchev–Trinajstić information content (AvgIpc) is 2.99.